The molecule has 2 amide bonds. The van der Waals surface area contributed by atoms with Crippen LogP contribution in [0, 0.1) is 0 Å². The Hall–Kier alpha value is -3.42. The second-order valence-corrected chi connectivity index (χ2v) is 8.56. The Labute approximate surface area is 214 Å². The fourth-order valence-corrected chi connectivity index (χ4v) is 3.86. The highest BCUT2D eigenvalue weighted by molar-refractivity contribution is 5.93. The number of carbonyl (C=O) groups excluding carboxylic acids is 2. The van der Waals surface area contributed by atoms with Crippen LogP contribution in [-0.4, -0.2) is 40.3 Å². The zero-order chi connectivity index (χ0) is 26.2. The second-order valence-electron chi connectivity index (χ2n) is 8.56. The zero-order valence-corrected chi connectivity index (χ0v) is 22.0. The fraction of sp³-hybridized carbons (Fsp3) is 0.500. The van der Waals surface area contributed by atoms with E-state index in [9.17, 15) is 9.59 Å². The van der Waals surface area contributed by atoms with E-state index in [2.05, 4.69) is 10.6 Å². The monoisotopic (exact) mass is 500 g/mol. The smallest absolute Gasteiger partial charge is 0.224 e. The molecule has 0 bridgehead atoms. The summed E-state index contributed by atoms with van der Waals surface area (Å²) in [5, 5.41) is 5.82. The molecular weight excluding hydrogens is 460 g/mol. The number of benzene rings is 2. The second kappa shape index (κ2) is 16.3. The third kappa shape index (κ3) is 10.1. The number of rotatable bonds is 17. The minimum atomic E-state index is -0.0102. The highest BCUT2D eigenvalue weighted by atomic mass is 16.5. The Morgan fingerprint density at radius 3 is 1.25 bits per heavy atom. The van der Waals surface area contributed by atoms with Crippen molar-refractivity contribution < 1.29 is 28.5 Å². The quantitative estimate of drug-likeness (QED) is 0.251. The molecule has 0 aromatic heterocycles. The van der Waals surface area contributed by atoms with Gasteiger partial charge in [-0.25, -0.2) is 0 Å². The summed E-state index contributed by atoms with van der Waals surface area (Å²) < 4.78 is 21.0. The molecule has 0 saturated carbocycles. The Balaban J connectivity index is 1.51. The number of anilines is 2. The van der Waals surface area contributed by atoms with Crippen molar-refractivity contribution in [3.63, 3.8) is 0 Å². The van der Waals surface area contributed by atoms with Crippen molar-refractivity contribution in [2.45, 2.75) is 64.2 Å². The topological polar surface area (TPSA) is 95.1 Å². The van der Waals surface area contributed by atoms with Crippen molar-refractivity contribution in [1.29, 1.82) is 0 Å². The molecule has 0 aliphatic rings. The van der Waals surface area contributed by atoms with E-state index in [1.165, 1.54) is 0 Å². The number of hydrogen-bond donors (Lipinski definition) is 2. The lowest BCUT2D eigenvalue weighted by Crippen LogP contribution is -2.12. The molecule has 0 aliphatic heterocycles. The molecule has 0 heterocycles. The molecule has 2 rings (SSSR count). The summed E-state index contributed by atoms with van der Waals surface area (Å²) in [6, 6.07) is 10.7. The molecule has 8 nitrogen and oxygen atoms in total. The van der Waals surface area contributed by atoms with Crippen LogP contribution in [-0.2, 0) is 9.59 Å². The zero-order valence-electron chi connectivity index (χ0n) is 22.0. The molecule has 0 fully saturated rings. The van der Waals surface area contributed by atoms with Gasteiger partial charge in [0.2, 0.25) is 11.8 Å². The van der Waals surface area contributed by atoms with E-state index in [-0.39, 0.29) is 11.8 Å². The minimum absolute atomic E-state index is 0.0102. The normalized spacial score (nSPS) is 10.4. The molecule has 0 saturated heterocycles. The first kappa shape index (κ1) is 28.8. The summed E-state index contributed by atoms with van der Waals surface area (Å²) >= 11 is 0. The van der Waals surface area contributed by atoms with Crippen LogP contribution in [0.25, 0.3) is 0 Å². The molecule has 36 heavy (non-hydrogen) atoms. The van der Waals surface area contributed by atoms with Crippen molar-refractivity contribution in [3.8, 4) is 23.0 Å². The van der Waals surface area contributed by atoms with Crippen LogP contribution in [0.15, 0.2) is 36.4 Å². The molecule has 198 valence electrons. The summed E-state index contributed by atoms with van der Waals surface area (Å²) in [4.78, 5) is 24.5. The Morgan fingerprint density at radius 2 is 0.917 bits per heavy atom. The van der Waals surface area contributed by atoms with Crippen LogP contribution in [0.3, 0.4) is 0 Å². The van der Waals surface area contributed by atoms with Crippen LogP contribution in [0.2, 0.25) is 0 Å². The number of methoxy groups -OCH3 is 4. The SMILES string of the molecule is COc1ccc(NC(=O)CCCCCCCCCCC(=O)Nc2ccc(OC)cc2OC)c(OC)c1. The summed E-state index contributed by atoms with van der Waals surface area (Å²) in [7, 11) is 6.32. The van der Waals surface area contributed by atoms with Gasteiger partial charge in [-0.2, -0.15) is 0 Å². The maximum Gasteiger partial charge on any atom is 0.224 e. The van der Waals surface area contributed by atoms with Crippen LogP contribution < -0.4 is 29.6 Å². The van der Waals surface area contributed by atoms with Crippen LogP contribution in [0.5, 0.6) is 23.0 Å². The van der Waals surface area contributed by atoms with Crippen molar-refractivity contribution in [2.24, 2.45) is 0 Å². The lowest BCUT2D eigenvalue weighted by atomic mass is 10.1. The van der Waals surface area contributed by atoms with E-state index in [4.69, 9.17) is 18.9 Å². The van der Waals surface area contributed by atoms with Crippen molar-refractivity contribution >= 4 is 23.2 Å². The van der Waals surface area contributed by atoms with Gasteiger partial charge < -0.3 is 29.6 Å². The summed E-state index contributed by atoms with van der Waals surface area (Å²) in [5.74, 6) is 2.51. The van der Waals surface area contributed by atoms with Gasteiger partial charge in [-0.15, -0.1) is 0 Å². The van der Waals surface area contributed by atoms with Crippen LogP contribution in [0.4, 0.5) is 11.4 Å². The molecule has 0 radical (unpaired) electrons. The molecule has 2 aromatic carbocycles. The van der Waals surface area contributed by atoms with Gasteiger partial charge in [0.15, 0.2) is 0 Å². The maximum atomic E-state index is 12.2. The third-order valence-electron chi connectivity index (χ3n) is 5.92. The van der Waals surface area contributed by atoms with Gasteiger partial charge in [-0.3, -0.25) is 9.59 Å². The average Bonchev–Trinajstić information content (AvgIpc) is 2.90. The molecule has 0 atom stereocenters. The van der Waals surface area contributed by atoms with Gasteiger partial charge in [0.25, 0.3) is 0 Å². The molecule has 2 N–H and O–H groups in total. The molecule has 0 unspecified atom stereocenters. The van der Waals surface area contributed by atoms with Crippen molar-refractivity contribution in [3.05, 3.63) is 36.4 Å². The number of hydrogen-bond acceptors (Lipinski definition) is 6. The summed E-state index contributed by atoms with van der Waals surface area (Å²) in [6.07, 6.45) is 9.25. The Bertz CT molecular complexity index is 886. The van der Waals surface area contributed by atoms with Crippen molar-refractivity contribution in [1.82, 2.24) is 0 Å². The van der Waals surface area contributed by atoms with Gasteiger partial charge in [0, 0.05) is 25.0 Å². The number of unbranched alkanes of at least 4 members (excludes halogenated alkanes) is 7. The molecular formula is C28H40N2O6. The molecule has 0 spiro atoms. The third-order valence-corrected chi connectivity index (χ3v) is 5.92. The van der Waals surface area contributed by atoms with Gasteiger partial charge in [0.1, 0.15) is 23.0 Å². The first-order chi connectivity index (χ1) is 17.5. The van der Waals surface area contributed by atoms with Crippen LogP contribution >= 0.6 is 0 Å². The highest BCUT2D eigenvalue weighted by Gasteiger charge is 2.10. The number of carbonyl (C=O) groups is 2. The first-order valence-corrected chi connectivity index (χ1v) is 12.5. The predicted molar refractivity (Wildman–Crippen MR) is 143 cm³/mol. The van der Waals surface area contributed by atoms with E-state index in [0.717, 1.165) is 51.4 Å². The fourth-order valence-electron chi connectivity index (χ4n) is 3.86. The average molecular weight is 501 g/mol. The van der Waals surface area contributed by atoms with E-state index >= 15 is 0 Å². The number of amides is 2. The van der Waals surface area contributed by atoms with Gasteiger partial charge in [-0.05, 0) is 37.1 Å². The van der Waals surface area contributed by atoms with E-state index < -0.39 is 0 Å². The lowest BCUT2D eigenvalue weighted by molar-refractivity contribution is -0.117. The summed E-state index contributed by atoms with van der Waals surface area (Å²) in [5.41, 5.74) is 1.31. The number of ether oxygens (including phenoxy) is 4. The molecule has 8 heteroatoms. The van der Waals surface area contributed by atoms with Crippen molar-refractivity contribution in [2.75, 3.05) is 39.1 Å². The molecule has 2 aromatic rings. The maximum absolute atomic E-state index is 12.2. The predicted octanol–water partition coefficient (Wildman–Crippen LogP) is 6.20. The Kier molecular flexibility index (Phi) is 13.0. The Morgan fingerprint density at radius 1 is 0.556 bits per heavy atom. The largest absolute Gasteiger partial charge is 0.497 e. The van der Waals surface area contributed by atoms with Gasteiger partial charge in [-0.1, -0.05) is 38.5 Å². The van der Waals surface area contributed by atoms with E-state index in [1.807, 2.05) is 0 Å². The van der Waals surface area contributed by atoms with Crippen LogP contribution in [0.1, 0.15) is 64.2 Å². The van der Waals surface area contributed by atoms with E-state index in [1.54, 1.807) is 64.8 Å². The number of nitrogens with one attached hydrogen (secondary N) is 2. The highest BCUT2D eigenvalue weighted by Crippen LogP contribution is 2.30. The standard InChI is InChI=1S/C28H40N2O6/c1-33-21-15-17-23(25(19-21)35-3)29-27(31)13-11-9-7-5-6-8-10-12-14-28(32)30-24-18-16-22(34-2)20-26(24)36-4/h15-20H,5-14H2,1-4H3,(H,29,31)(H,30,32). The van der Waals surface area contributed by atoms with Gasteiger partial charge in [0.05, 0.1) is 39.8 Å². The lowest BCUT2D eigenvalue weighted by Gasteiger charge is -2.11. The molecule has 0 aliphatic carbocycles. The minimum Gasteiger partial charge on any atom is -0.497 e. The van der Waals surface area contributed by atoms with E-state index in [0.29, 0.717) is 47.2 Å². The van der Waals surface area contributed by atoms with Gasteiger partial charge >= 0.3 is 0 Å². The first-order valence-electron chi connectivity index (χ1n) is 12.5. The summed E-state index contributed by atoms with van der Waals surface area (Å²) in [6.45, 7) is 0.